The highest BCUT2D eigenvalue weighted by molar-refractivity contribution is 5.95. The molecule has 7 heteroatoms. The van der Waals surface area contributed by atoms with Crippen LogP contribution in [0.4, 0.5) is 10.5 Å². The Labute approximate surface area is 170 Å². The molecule has 0 saturated heterocycles. The number of benzene rings is 2. The third-order valence-corrected chi connectivity index (χ3v) is 4.15. The van der Waals surface area contributed by atoms with Gasteiger partial charge in [0.15, 0.2) is 0 Å². The molecule has 0 fully saturated rings. The van der Waals surface area contributed by atoms with Crippen molar-refractivity contribution in [1.82, 2.24) is 20.4 Å². The summed E-state index contributed by atoms with van der Waals surface area (Å²) < 4.78 is 1.85. The summed E-state index contributed by atoms with van der Waals surface area (Å²) in [5.74, 6) is -0.181. The average molecular weight is 391 g/mol. The van der Waals surface area contributed by atoms with Crippen LogP contribution in [0.25, 0.3) is 0 Å². The van der Waals surface area contributed by atoms with Crippen LogP contribution in [0.1, 0.15) is 35.3 Å². The van der Waals surface area contributed by atoms with E-state index in [0.29, 0.717) is 24.3 Å². The van der Waals surface area contributed by atoms with Crippen LogP contribution in [0.2, 0.25) is 0 Å². The normalized spacial score (nSPS) is 10.6. The largest absolute Gasteiger partial charge is 0.348 e. The number of hydrogen-bond donors (Lipinski definition) is 3. The molecule has 3 N–H and O–H groups in total. The number of rotatable bonds is 7. The van der Waals surface area contributed by atoms with Crippen molar-refractivity contribution in [2.45, 2.75) is 33.0 Å². The van der Waals surface area contributed by atoms with Gasteiger partial charge in [-0.2, -0.15) is 5.10 Å². The molecule has 150 valence electrons. The maximum atomic E-state index is 12.4. The lowest BCUT2D eigenvalue weighted by Gasteiger charge is -2.10. The molecule has 1 heterocycles. The predicted molar refractivity (Wildman–Crippen MR) is 113 cm³/mol. The highest BCUT2D eigenvalue weighted by Gasteiger charge is 2.08. The van der Waals surface area contributed by atoms with Gasteiger partial charge >= 0.3 is 6.03 Å². The van der Waals surface area contributed by atoms with Crippen LogP contribution in [0, 0.1) is 0 Å². The minimum atomic E-state index is -0.273. The van der Waals surface area contributed by atoms with E-state index >= 15 is 0 Å². The van der Waals surface area contributed by atoms with E-state index in [-0.39, 0.29) is 18.0 Å². The summed E-state index contributed by atoms with van der Waals surface area (Å²) in [6, 6.07) is 16.6. The van der Waals surface area contributed by atoms with Gasteiger partial charge < -0.3 is 16.0 Å². The van der Waals surface area contributed by atoms with Gasteiger partial charge in [0.1, 0.15) is 0 Å². The Morgan fingerprint density at radius 2 is 1.72 bits per heavy atom. The average Bonchev–Trinajstić information content (AvgIpc) is 3.14. The van der Waals surface area contributed by atoms with Crippen LogP contribution in [0.3, 0.4) is 0 Å². The number of nitrogens with one attached hydrogen (secondary N) is 3. The number of nitrogens with zero attached hydrogens (tertiary/aromatic N) is 2. The third kappa shape index (κ3) is 6.21. The Morgan fingerprint density at radius 3 is 2.41 bits per heavy atom. The van der Waals surface area contributed by atoms with Gasteiger partial charge in [0.25, 0.3) is 5.91 Å². The first kappa shape index (κ1) is 20.1. The van der Waals surface area contributed by atoms with Crippen molar-refractivity contribution >= 4 is 17.6 Å². The fraction of sp³-hybridized carbons (Fsp3) is 0.227. The maximum Gasteiger partial charge on any atom is 0.319 e. The van der Waals surface area contributed by atoms with E-state index in [1.54, 1.807) is 30.5 Å². The Kier molecular flexibility index (Phi) is 6.63. The zero-order chi connectivity index (χ0) is 20.6. The summed E-state index contributed by atoms with van der Waals surface area (Å²) in [7, 11) is 0. The van der Waals surface area contributed by atoms with Gasteiger partial charge in [-0.05, 0) is 43.7 Å². The predicted octanol–water partition coefficient (Wildman–Crippen LogP) is 3.39. The molecule has 7 nitrogen and oxygen atoms in total. The zero-order valence-electron chi connectivity index (χ0n) is 16.6. The number of amides is 3. The molecule has 29 heavy (non-hydrogen) atoms. The molecule has 0 radical (unpaired) electrons. The third-order valence-electron chi connectivity index (χ3n) is 4.15. The van der Waals surface area contributed by atoms with E-state index in [9.17, 15) is 9.59 Å². The summed E-state index contributed by atoms with van der Waals surface area (Å²) >= 11 is 0. The molecule has 0 aliphatic rings. The summed E-state index contributed by atoms with van der Waals surface area (Å²) in [6.07, 6.45) is 3.68. The van der Waals surface area contributed by atoms with Crippen molar-refractivity contribution in [2.75, 3.05) is 5.32 Å². The van der Waals surface area contributed by atoms with Gasteiger partial charge in [0.2, 0.25) is 0 Å². The molecule has 0 spiro atoms. The maximum absolute atomic E-state index is 12.4. The molecule has 0 saturated carbocycles. The lowest BCUT2D eigenvalue weighted by molar-refractivity contribution is 0.0951. The van der Waals surface area contributed by atoms with Crippen LogP contribution in [-0.4, -0.2) is 27.8 Å². The smallest absolute Gasteiger partial charge is 0.319 e. The SMILES string of the molecule is CC(C)NC(=O)Nc1ccc(C(=O)NCc2cnn(Cc3ccccc3)c2)cc1. The highest BCUT2D eigenvalue weighted by atomic mass is 16.2. The van der Waals surface area contributed by atoms with E-state index in [1.165, 1.54) is 5.56 Å². The van der Waals surface area contributed by atoms with Crippen LogP contribution in [0.15, 0.2) is 67.0 Å². The van der Waals surface area contributed by atoms with Crippen molar-refractivity contribution < 1.29 is 9.59 Å². The van der Waals surface area contributed by atoms with E-state index in [4.69, 9.17) is 0 Å². The Bertz CT molecular complexity index is 949. The molecule has 1 aromatic heterocycles. The molecular formula is C22H25N5O2. The number of anilines is 1. The van der Waals surface area contributed by atoms with Crippen LogP contribution in [-0.2, 0) is 13.1 Å². The van der Waals surface area contributed by atoms with Crippen LogP contribution in [0.5, 0.6) is 0 Å². The van der Waals surface area contributed by atoms with E-state index < -0.39 is 0 Å². The lowest BCUT2D eigenvalue weighted by Crippen LogP contribution is -2.34. The van der Waals surface area contributed by atoms with Crippen molar-refractivity contribution in [3.05, 3.63) is 83.7 Å². The Balaban J connectivity index is 1.50. The molecular weight excluding hydrogens is 366 g/mol. The Morgan fingerprint density at radius 1 is 1.00 bits per heavy atom. The number of hydrogen-bond acceptors (Lipinski definition) is 3. The summed E-state index contributed by atoms with van der Waals surface area (Å²) in [5, 5.41) is 12.7. The molecule has 0 unspecified atom stereocenters. The lowest BCUT2D eigenvalue weighted by atomic mass is 10.2. The first-order valence-corrected chi connectivity index (χ1v) is 9.50. The summed E-state index contributed by atoms with van der Waals surface area (Å²) in [5.41, 5.74) is 3.25. The van der Waals surface area contributed by atoms with E-state index in [0.717, 1.165) is 5.56 Å². The van der Waals surface area contributed by atoms with E-state index in [1.807, 2.05) is 55.1 Å². The van der Waals surface area contributed by atoms with Gasteiger partial charge in [-0.3, -0.25) is 9.48 Å². The molecule has 3 rings (SSSR count). The standard InChI is InChI=1S/C22H25N5O2/c1-16(2)25-22(29)26-20-10-8-19(9-11-20)21(28)23-12-18-13-24-27(15-18)14-17-6-4-3-5-7-17/h3-11,13,15-16H,12,14H2,1-2H3,(H,23,28)(H2,25,26,29). The van der Waals surface area contributed by atoms with Gasteiger partial charge in [0.05, 0.1) is 12.7 Å². The number of carbonyl (C=O) groups is 2. The molecule has 0 bridgehead atoms. The van der Waals surface area contributed by atoms with Crippen molar-refractivity contribution in [2.24, 2.45) is 0 Å². The second-order valence-corrected chi connectivity index (χ2v) is 7.04. The second kappa shape index (κ2) is 9.54. The minimum absolute atomic E-state index is 0.0529. The van der Waals surface area contributed by atoms with Crippen molar-refractivity contribution in [1.29, 1.82) is 0 Å². The number of aromatic nitrogens is 2. The van der Waals surface area contributed by atoms with Crippen molar-refractivity contribution in [3.8, 4) is 0 Å². The molecule has 0 atom stereocenters. The molecule has 0 aliphatic carbocycles. The quantitative estimate of drug-likeness (QED) is 0.577. The van der Waals surface area contributed by atoms with Gasteiger partial charge in [-0.15, -0.1) is 0 Å². The van der Waals surface area contributed by atoms with Crippen LogP contribution >= 0.6 is 0 Å². The molecule has 0 aliphatic heterocycles. The number of urea groups is 1. The first-order valence-electron chi connectivity index (χ1n) is 9.50. The molecule has 3 aromatic rings. The number of carbonyl (C=O) groups excluding carboxylic acids is 2. The van der Waals surface area contributed by atoms with Crippen LogP contribution < -0.4 is 16.0 Å². The zero-order valence-corrected chi connectivity index (χ0v) is 16.6. The van der Waals surface area contributed by atoms with Gasteiger partial charge in [-0.1, -0.05) is 30.3 Å². The minimum Gasteiger partial charge on any atom is -0.348 e. The van der Waals surface area contributed by atoms with E-state index in [2.05, 4.69) is 21.0 Å². The molecule has 2 aromatic carbocycles. The fourth-order valence-electron chi connectivity index (χ4n) is 2.77. The fourth-order valence-corrected chi connectivity index (χ4v) is 2.77. The second-order valence-electron chi connectivity index (χ2n) is 7.04. The summed E-state index contributed by atoms with van der Waals surface area (Å²) in [6.45, 7) is 4.86. The first-order chi connectivity index (χ1) is 14.0. The Hall–Kier alpha value is -3.61. The molecule has 3 amide bonds. The highest BCUT2D eigenvalue weighted by Crippen LogP contribution is 2.10. The van der Waals surface area contributed by atoms with Crippen molar-refractivity contribution in [3.63, 3.8) is 0 Å². The summed E-state index contributed by atoms with van der Waals surface area (Å²) in [4.78, 5) is 24.1. The van der Waals surface area contributed by atoms with Gasteiger partial charge in [0, 0.05) is 35.6 Å². The topological polar surface area (TPSA) is 88.1 Å². The monoisotopic (exact) mass is 391 g/mol. The van der Waals surface area contributed by atoms with Gasteiger partial charge in [-0.25, -0.2) is 4.79 Å².